The van der Waals surface area contributed by atoms with Crippen molar-refractivity contribution in [3.05, 3.63) is 51.8 Å². The van der Waals surface area contributed by atoms with Crippen molar-refractivity contribution in [1.82, 2.24) is 4.98 Å². The van der Waals surface area contributed by atoms with Crippen molar-refractivity contribution >= 4 is 15.9 Å². The van der Waals surface area contributed by atoms with Crippen LogP contribution in [0.15, 0.2) is 35.1 Å². The molecule has 2 aromatic rings. The van der Waals surface area contributed by atoms with Crippen molar-refractivity contribution in [2.75, 3.05) is 28.4 Å². The molecule has 1 heterocycles. The van der Waals surface area contributed by atoms with Crippen molar-refractivity contribution < 1.29 is 24.1 Å². The molecule has 0 amide bonds. The lowest BCUT2D eigenvalue weighted by Crippen LogP contribution is -2.12. The molecule has 0 saturated heterocycles. The molecule has 0 spiro atoms. The summed E-state index contributed by atoms with van der Waals surface area (Å²) in [7, 11) is 6.15. The molecule has 0 fully saturated rings. The first-order valence-electron chi connectivity index (χ1n) is 7.16. The van der Waals surface area contributed by atoms with Gasteiger partial charge in [-0.2, -0.15) is 0 Å². The predicted octanol–water partition coefficient (Wildman–Crippen LogP) is 3.23. The van der Waals surface area contributed by atoms with E-state index in [1.54, 1.807) is 44.7 Å². The Morgan fingerprint density at radius 2 is 1.54 bits per heavy atom. The van der Waals surface area contributed by atoms with E-state index in [2.05, 4.69) is 20.9 Å². The maximum Gasteiger partial charge on any atom is 0.183 e. The smallest absolute Gasteiger partial charge is 0.183 e. The fourth-order valence-electron chi connectivity index (χ4n) is 2.47. The third kappa shape index (κ3) is 3.87. The second kappa shape index (κ2) is 8.43. The van der Waals surface area contributed by atoms with Gasteiger partial charge in [0.1, 0.15) is 10.7 Å². The van der Waals surface area contributed by atoms with Gasteiger partial charge in [0.05, 0.1) is 14.2 Å². The molecule has 2 rings (SSSR count). The number of pyridine rings is 1. The van der Waals surface area contributed by atoms with E-state index in [1.807, 2.05) is 0 Å². The molecule has 1 N–H and O–H groups in total. The number of nitrogens with zero attached hydrogens (tertiary/aromatic N) is 1. The molecule has 0 radical (unpaired) electrons. The standard InChI is InChI=1S/C17H20BrNO5/c1-21-13-8-11(16(20)10-5-6-19-15(18)7-10)12(9-14(13)22-2)17(23-3)24-4/h5-9,16-17,20H,1-4H3. The van der Waals surface area contributed by atoms with Gasteiger partial charge in [-0.25, -0.2) is 4.98 Å². The highest BCUT2D eigenvalue weighted by Crippen LogP contribution is 2.39. The first-order valence-corrected chi connectivity index (χ1v) is 7.95. The Morgan fingerprint density at radius 1 is 0.958 bits per heavy atom. The van der Waals surface area contributed by atoms with Gasteiger partial charge in [0.2, 0.25) is 0 Å². The quantitative estimate of drug-likeness (QED) is 0.571. The number of methoxy groups -OCH3 is 4. The van der Waals surface area contributed by atoms with Gasteiger partial charge in [-0.1, -0.05) is 0 Å². The van der Waals surface area contributed by atoms with Gasteiger partial charge in [-0.15, -0.1) is 0 Å². The van der Waals surface area contributed by atoms with Crippen LogP contribution in [0.3, 0.4) is 0 Å². The Kier molecular flexibility index (Phi) is 6.56. The van der Waals surface area contributed by atoms with Gasteiger partial charge in [-0.05, 0) is 51.3 Å². The molecular weight excluding hydrogens is 378 g/mol. The summed E-state index contributed by atoms with van der Waals surface area (Å²) in [6.07, 6.45) is 0.0549. The number of ether oxygens (including phenoxy) is 4. The summed E-state index contributed by atoms with van der Waals surface area (Å²) in [6.45, 7) is 0. The van der Waals surface area contributed by atoms with Crippen LogP contribution < -0.4 is 9.47 Å². The van der Waals surface area contributed by atoms with Crippen molar-refractivity contribution in [1.29, 1.82) is 0 Å². The number of halogens is 1. The molecule has 6 nitrogen and oxygen atoms in total. The number of aromatic nitrogens is 1. The Morgan fingerprint density at radius 3 is 2.04 bits per heavy atom. The fraction of sp³-hybridized carbons (Fsp3) is 0.353. The van der Waals surface area contributed by atoms with E-state index in [0.29, 0.717) is 32.8 Å². The van der Waals surface area contributed by atoms with Crippen LogP contribution >= 0.6 is 15.9 Å². The van der Waals surface area contributed by atoms with Crippen LogP contribution in [0, 0.1) is 0 Å². The highest BCUT2D eigenvalue weighted by Gasteiger charge is 2.24. The summed E-state index contributed by atoms with van der Waals surface area (Å²) < 4.78 is 22.0. The third-order valence-corrected chi connectivity index (χ3v) is 4.07. The number of rotatable bonds is 7. The zero-order valence-electron chi connectivity index (χ0n) is 13.9. The Labute approximate surface area is 149 Å². The van der Waals surface area contributed by atoms with Crippen molar-refractivity contribution in [2.24, 2.45) is 0 Å². The van der Waals surface area contributed by atoms with Crippen LogP contribution in [-0.2, 0) is 9.47 Å². The normalized spacial score (nSPS) is 12.3. The molecule has 0 aliphatic carbocycles. The minimum absolute atomic E-state index is 0.509. The predicted molar refractivity (Wildman–Crippen MR) is 92.3 cm³/mol. The van der Waals surface area contributed by atoms with Gasteiger partial charge >= 0.3 is 0 Å². The van der Waals surface area contributed by atoms with Gasteiger partial charge in [-0.3, -0.25) is 0 Å². The van der Waals surface area contributed by atoms with E-state index in [-0.39, 0.29) is 0 Å². The summed E-state index contributed by atoms with van der Waals surface area (Å²) >= 11 is 3.31. The van der Waals surface area contributed by atoms with Crippen LogP contribution in [0.25, 0.3) is 0 Å². The van der Waals surface area contributed by atoms with Crippen LogP contribution in [0.5, 0.6) is 11.5 Å². The van der Waals surface area contributed by atoms with Crippen LogP contribution in [0.2, 0.25) is 0 Å². The van der Waals surface area contributed by atoms with E-state index in [4.69, 9.17) is 18.9 Å². The van der Waals surface area contributed by atoms with Crippen LogP contribution in [0.1, 0.15) is 29.1 Å². The van der Waals surface area contributed by atoms with Crippen molar-refractivity contribution in [3.8, 4) is 11.5 Å². The minimum Gasteiger partial charge on any atom is -0.493 e. The molecule has 1 aromatic heterocycles. The molecule has 24 heavy (non-hydrogen) atoms. The summed E-state index contributed by atoms with van der Waals surface area (Å²) in [5, 5.41) is 10.9. The monoisotopic (exact) mass is 397 g/mol. The Bertz CT molecular complexity index is 691. The van der Waals surface area contributed by atoms with Crippen molar-refractivity contribution in [3.63, 3.8) is 0 Å². The zero-order valence-corrected chi connectivity index (χ0v) is 15.5. The average molecular weight is 398 g/mol. The second-order valence-corrected chi connectivity index (χ2v) is 5.77. The second-order valence-electron chi connectivity index (χ2n) is 4.95. The molecule has 130 valence electrons. The van der Waals surface area contributed by atoms with Gasteiger partial charge in [0.25, 0.3) is 0 Å². The molecule has 7 heteroatoms. The summed E-state index contributed by atoms with van der Waals surface area (Å²) in [4.78, 5) is 4.08. The zero-order chi connectivity index (χ0) is 17.7. The summed E-state index contributed by atoms with van der Waals surface area (Å²) in [5.74, 6) is 1.04. The maximum absolute atomic E-state index is 10.9. The van der Waals surface area contributed by atoms with E-state index >= 15 is 0 Å². The lowest BCUT2D eigenvalue weighted by atomic mass is 9.96. The highest BCUT2D eigenvalue weighted by atomic mass is 79.9. The molecule has 0 aliphatic rings. The molecule has 0 bridgehead atoms. The topological polar surface area (TPSA) is 70.0 Å². The number of aliphatic hydroxyl groups is 1. The van der Waals surface area contributed by atoms with Gasteiger partial charge in [0.15, 0.2) is 17.8 Å². The van der Waals surface area contributed by atoms with Gasteiger partial charge in [0, 0.05) is 26.0 Å². The average Bonchev–Trinajstić information content (AvgIpc) is 2.61. The molecule has 0 saturated carbocycles. The van der Waals surface area contributed by atoms with E-state index in [0.717, 1.165) is 0 Å². The van der Waals surface area contributed by atoms with E-state index in [9.17, 15) is 5.11 Å². The maximum atomic E-state index is 10.9. The summed E-state index contributed by atoms with van der Waals surface area (Å²) in [5.41, 5.74) is 1.92. The lowest BCUT2D eigenvalue weighted by Gasteiger charge is -2.23. The van der Waals surface area contributed by atoms with E-state index in [1.165, 1.54) is 14.2 Å². The van der Waals surface area contributed by atoms with Gasteiger partial charge < -0.3 is 24.1 Å². The molecule has 0 aliphatic heterocycles. The van der Waals surface area contributed by atoms with Crippen LogP contribution in [0.4, 0.5) is 0 Å². The molecule has 1 atom stereocenters. The molecule has 1 unspecified atom stereocenters. The van der Waals surface area contributed by atoms with Crippen molar-refractivity contribution in [2.45, 2.75) is 12.4 Å². The first-order chi connectivity index (χ1) is 11.5. The number of hydrogen-bond acceptors (Lipinski definition) is 6. The first kappa shape index (κ1) is 18.7. The number of hydrogen-bond donors (Lipinski definition) is 1. The largest absolute Gasteiger partial charge is 0.493 e. The highest BCUT2D eigenvalue weighted by molar-refractivity contribution is 9.10. The Balaban J connectivity index is 2.60. The third-order valence-electron chi connectivity index (χ3n) is 3.63. The van der Waals surface area contributed by atoms with Crippen LogP contribution in [-0.4, -0.2) is 38.5 Å². The number of aliphatic hydroxyl groups excluding tert-OH is 1. The molecular formula is C17H20BrNO5. The lowest BCUT2D eigenvalue weighted by molar-refractivity contribution is -0.107. The SMILES string of the molecule is COc1cc(C(OC)OC)c(C(O)c2ccnc(Br)c2)cc1OC. The molecule has 1 aromatic carbocycles. The minimum atomic E-state index is -0.910. The Hall–Kier alpha value is -1.67. The summed E-state index contributed by atoms with van der Waals surface area (Å²) in [6, 6.07) is 6.95. The van der Waals surface area contributed by atoms with E-state index < -0.39 is 12.4 Å². The fourth-order valence-corrected chi connectivity index (χ4v) is 2.85. The number of benzene rings is 1.